The van der Waals surface area contributed by atoms with Crippen LogP contribution in [-0.4, -0.2) is 90.6 Å². The van der Waals surface area contributed by atoms with Gasteiger partial charge in [-0.25, -0.2) is 4.98 Å². The van der Waals surface area contributed by atoms with Crippen LogP contribution in [0.4, 0.5) is 0 Å². The molecular weight excluding hydrogens is 382 g/mol. The van der Waals surface area contributed by atoms with E-state index in [0.717, 1.165) is 62.8 Å². The first-order valence-corrected chi connectivity index (χ1v) is 10.7. The first-order chi connectivity index (χ1) is 14.6. The number of hydrogen-bond acceptors (Lipinski definition) is 7. The SMILES string of the molecule is COc1ccc(CNCCCn2ccnc2)c(OCC(O)CN2CCN(C)CC2)c1. The molecule has 30 heavy (non-hydrogen) atoms. The van der Waals surface area contributed by atoms with Crippen LogP contribution in [0.15, 0.2) is 36.9 Å². The lowest BCUT2D eigenvalue weighted by molar-refractivity contribution is 0.0501. The normalized spacial score (nSPS) is 16.5. The summed E-state index contributed by atoms with van der Waals surface area (Å²) in [4.78, 5) is 8.66. The van der Waals surface area contributed by atoms with Gasteiger partial charge in [-0.05, 0) is 26.1 Å². The van der Waals surface area contributed by atoms with Gasteiger partial charge in [-0.2, -0.15) is 0 Å². The molecule has 1 fully saturated rings. The van der Waals surface area contributed by atoms with Crippen LogP contribution in [-0.2, 0) is 13.1 Å². The van der Waals surface area contributed by atoms with Crippen molar-refractivity contribution in [2.75, 3.05) is 60.0 Å². The molecule has 1 aromatic carbocycles. The van der Waals surface area contributed by atoms with Gasteiger partial charge in [-0.15, -0.1) is 0 Å². The van der Waals surface area contributed by atoms with Crippen LogP contribution in [0.2, 0.25) is 0 Å². The number of ether oxygens (including phenoxy) is 2. The average Bonchev–Trinajstić information content (AvgIpc) is 3.27. The van der Waals surface area contributed by atoms with Gasteiger partial charge >= 0.3 is 0 Å². The third kappa shape index (κ3) is 7.28. The van der Waals surface area contributed by atoms with Crippen molar-refractivity contribution in [3.05, 3.63) is 42.5 Å². The average molecular weight is 418 g/mol. The lowest BCUT2D eigenvalue weighted by Crippen LogP contribution is -2.47. The summed E-state index contributed by atoms with van der Waals surface area (Å²) in [6.07, 6.45) is 6.11. The van der Waals surface area contributed by atoms with Gasteiger partial charge in [-0.1, -0.05) is 6.07 Å². The highest BCUT2D eigenvalue weighted by Gasteiger charge is 2.18. The number of likely N-dealkylation sites (N-methyl/N-ethyl adjacent to an activating group) is 1. The van der Waals surface area contributed by atoms with E-state index in [1.807, 2.05) is 30.7 Å². The second-order valence-corrected chi connectivity index (χ2v) is 7.87. The number of nitrogens with zero attached hydrogens (tertiary/aromatic N) is 4. The van der Waals surface area contributed by atoms with E-state index in [-0.39, 0.29) is 6.61 Å². The van der Waals surface area contributed by atoms with Gasteiger partial charge in [0.25, 0.3) is 0 Å². The molecule has 8 heteroatoms. The number of methoxy groups -OCH3 is 1. The van der Waals surface area contributed by atoms with Gasteiger partial charge in [-0.3, -0.25) is 4.90 Å². The Hall–Kier alpha value is -2.13. The number of hydrogen-bond donors (Lipinski definition) is 2. The van der Waals surface area contributed by atoms with Crippen molar-refractivity contribution < 1.29 is 14.6 Å². The molecule has 0 amide bonds. The molecule has 2 aromatic rings. The topological polar surface area (TPSA) is 75.0 Å². The highest BCUT2D eigenvalue weighted by molar-refractivity contribution is 5.40. The molecule has 8 nitrogen and oxygen atoms in total. The number of benzene rings is 1. The van der Waals surface area contributed by atoms with E-state index in [9.17, 15) is 5.11 Å². The van der Waals surface area contributed by atoms with Gasteiger partial charge < -0.3 is 29.4 Å². The van der Waals surface area contributed by atoms with Crippen molar-refractivity contribution in [2.45, 2.75) is 25.6 Å². The maximum atomic E-state index is 10.4. The molecule has 1 aromatic heterocycles. The Morgan fingerprint density at radius 3 is 2.80 bits per heavy atom. The zero-order chi connectivity index (χ0) is 21.2. The highest BCUT2D eigenvalue weighted by atomic mass is 16.5. The number of nitrogens with one attached hydrogen (secondary N) is 1. The van der Waals surface area contributed by atoms with E-state index < -0.39 is 6.10 Å². The Labute approximate surface area is 179 Å². The minimum absolute atomic E-state index is 0.271. The van der Waals surface area contributed by atoms with E-state index in [4.69, 9.17) is 9.47 Å². The summed E-state index contributed by atoms with van der Waals surface area (Å²) in [5, 5.41) is 13.9. The van der Waals surface area contributed by atoms with Crippen molar-refractivity contribution in [2.24, 2.45) is 0 Å². The molecule has 1 saturated heterocycles. The smallest absolute Gasteiger partial charge is 0.127 e. The van der Waals surface area contributed by atoms with Crippen LogP contribution in [0.25, 0.3) is 0 Å². The molecule has 1 aliphatic rings. The molecule has 0 radical (unpaired) electrons. The third-order valence-corrected chi connectivity index (χ3v) is 5.41. The van der Waals surface area contributed by atoms with Crippen LogP contribution in [0.1, 0.15) is 12.0 Å². The number of aliphatic hydroxyl groups is 1. The lowest BCUT2D eigenvalue weighted by Gasteiger charge is -2.33. The summed E-state index contributed by atoms with van der Waals surface area (Å²) >= 11 is 0. The standard InChI is InChI=1S/C22H35N5O3/c1-25-10-12-26(13-11-25)16-20(28)17-30-22-14-21(29-2)5-4-19(22)15-23-6-3-8-27-9-7-24-18-27/h4-5,7,9,14,18,20,23,28H,3,6,8,10-13,15-17H2,1-2H3. The maximum Gasteiger partial charge on any atom is 0.127 e. The van der Waals surface area contributed by atoms with Crippen molar-refractivity contribution in [3.8, 4) is 11.5 Å². The van der Waals surface area contributed by atoms with Crippen molar-refractivity contribution in [3.63, 3.8) is 0 Å². The quantitative estimate of drug-likeness (QED) is 0.500. The second-order valence-electron chi connectivity index (χ2n) is 7.87. The number of aromatic nitrogens is 2. The van der Waals surface area contributed by atoms with E-state index >= 15 is 0 Å². The zero-order valence-corrected chi connectivity index (χ0v) is 18.2. The predicted octanol–water partition coefficient (Wildman–Crippen LogP) is 1.06. The van der Waals surface area contributed by atoms with Crippen molar-refractivity contribution in [1.82, 2.24) is 24.7 Å². The zero-order valence-electron chi connectivity index (χ0n) is 18.2. The van der Waals surface area contributed by atoms with Crippen LogP contribution in [0, 0.1) is 0 Å². The number of piperazine rings is 1. The van der Waals surface area contributed by atoms with Crippen LogP contribution in [0.5, 0.6) is 11.5 Å². The Morgan fingerprint density at radius 1 is 1.23 bits per heavy atom. The summed E-state index contributed by atoms with van der Waals surface area (Å²) in [5.41, 5.74) is 1.06. The molecule has 1 atom stereocenters. The molecule has 0 bridgehead atoms. The molecular formula is C22H35N5O3. The van der Waals surface area contributed by atoms with Crippen LogP contribution in [0.3, 0.4) is 0 Å². The second kappa shape index (κ2) is 11.9. The Balaban J connectivity index is 1.45. The molecule has 3 rings (SSSR count). The fourth-order valence-electron chi connectivity index (χ4n) is 3.54. The van der Waals surface area contributed by atoms with Crippen molar-refractivity contribution >= 4 is 0 Å². The van der Waals surface area contributed by atoms with Gasteiger partial charge in [0.05, 0.1) is 13.4 Å². The molecule has 166 valence electrons. The molecule has 2 heterocycles. The molecule has 1 aliphatic heterocycles. The first-order valence-electron chi connectivity index (χ1n) is 10.7. The summed E-state index contributed by atoms with van der Waals surface area (Å²) in [7, 11) is 3.78. The largest absolute Gasteiger partial charge is 0.497 e. The summed E-state index contributed by atoms with van der Waals surface area (Å²) in [6, 6.07) is 5.85. The Bertz CT molecular complexity index is 732. The number of β-amino-alcohol motifs (C(OH)–C–C–N with tert-alkyl or cyclic N) is 1. The van der Waals surface area contributed by atoms with Gasteiger partial charge in [0.1, 0.15) is 24.2 Å². The van der Waals surface area contributed by atoms with Crippen LogP contribution >= 0.6 is 0 Å². The molecule has 1 unspecified atom stereocenters. The van der Waals surface area contributed by atoms with E-state index in [0.29, 0.717) is 13.1 Å². The minimum atomic E-state index is -0.518. The first kappa shape index (κ1) is 22.6. The Morgan fingerprint density at radius 2 is 2.07 bits per heavy atom. The number of rotatable bonds is 12. The summed E-state index contributed by atoms with van der Waals surface area (Å²) in [6.45, 7) is 7.51. The van der Waals surface area contributed by atoms with Crippen molar-refractivity contribution in [1.29, 1.82) is 0 Å². The summed E-state index contributed by atoms with van der Waals surface area (Å²) < 4.78 is 13.4. The number of imidazole rings is 1. The maximum absolute atomic E-state index is 10.4. The highest BCUT2D eigenvalue weighted by Crippen LogP contribution is 2.25. The van der Waals surface area contributed by atoms with Gasteiger partial charge in [0.15, 0.2) is 0 Å². The molecule has 0 aliphatic carbocycles. The van der Waals surface area contributed by atoms with Crippen LogP contribution < -0.4 is 14.8 Å². The van der Waals surface area contributed by atoms with E-state index in [2.05, 4.69) is 31.7 Å². The molecule has 2 N–H and O–H groups in total. The van der Waals surface area contributed by atoms with Gasteiger partial charge in [0.2, 0.25) is 0 Å². The number of aliphatic hydroxyl groups excluding tert-OH is 1. The third-order valence-electron chi connectivity index (χ3n) is 5.41. The Kier molecular flexibility index (Phi) is 8.95. The van der Waals surface area contributed by atoms with E-state index in [1.165, 1.54) is 0 Å². The summed E-state index contributed by atoms with van der Waals surface area (Å²) in [5.74, 6) is 1.51. The molecule has 0 spiro atoms. The fourth-order valence-corrected chi connectivity index (χ4v) is 3.54. The number of aryl methyl sites for hydroxylation is 1. The fraction of sp³-hybridized carbons (Fsp3) is 0.591. The van der Waals surface area contributed by atoms with Gasteiger partial charge in [0, 0.05) is 69.8 Å². The lowest BCUT2D eigenvalue weighted by atomic mass is 10.2. The predicted molar refractivity (Wildman–Crippen MR) is 117 cm³/mol. The molecule has 0 saturated carbocycles. The minimum Gasteiger partial charge on any atom is -0.497 e. The van der Waals surface area contributed by atoms with E-state index in [1.54, 1.807) is 13.3 Å². The monoisotopic (exact) mass is 417 g/mol.